The summed E-state index contributed by atoms with van der Waals surface area (Å²) in [5, 5.41) is 0. The third-order valence-corrected chi connectivity index (χ3v) is 8.21. The van der Waals surface area contributed by atoms with E-state index in [0.29, 0.717) is 5.88 Å². The van der Waals surface area contributed by atoms with E-state index < -0.39 is 8.32 Å². The van der Waals surface area contributed by atoms with Gasteiger partial charge >= 0.3 is 0 Å². The van der Waals surface area contributed by atoms with E-state index in [4.69, 9.17) is 16.0 Å². The largest absolute Gasteiger partial charge is 0.416 e. The fourth-order valence-electron chi connectivity index (χ4n) is 2.34. The van der Waals surface area contributed by atoms with Gasteiger partial charge in [-0.2, -0.15) is 0 Å². The maximum absolute atomic E-state index is 6.29. The minimum absolute atomic E-state index is 0.652. The van der Waals surface area contributed by atoms with Crippen molar-refractivity contribution >= 4 is 19.9 Å². The van der Waals surface area contributed by atoms with Gasteiger partial charge in [0.2, 0.25) is 0 Å². The number of rotatable bonds is 12. The van der Waals surface area contributed by atoms with Gasteiger partial charge in [-0.05, 0) is 18.1 Å². The molecule has 17 heavy (non-hydrogen) atoms. The minimum Gasteiger partial charge on any atom is -0.416 e. The molecule has 104 valence electrons. The smallest absolute Gasteiger partial charge is 0.192 e. The highest BCUT2D eigenvalue weighted by Crippen LogP contribution is 2.29. The summed E-state index contributed by atoms with van der Waals surface area (Å²) >= 11 is 5.81. The summed E-state index contributed by atoms with van der Waals surface area (Å²) in [4.78, 5) is 0. The van der Waals surface area contributed by atoms with Gasteiger partial charge in [-0.3, -0.25) is 0 Å². The molecule has 0 heterocycles. The quantitative estimate of drug-likeness (QED) is 0.334. The lowest BCUT2D eigenvalue weighted by Gasteiger charge is -2.31. The van der Waals surface area contributed by atoms with Crippen LogP contribution in [0, 0.1) is 0 Å². The van der Waals surface area contributed by atoms with Crippen LogP contribution in [-0.4, -0.2) is 20.8 Å². The van der Waals surface area contributed by atoms with Crippen molar-refractivity contribution in [1.82, 2.24) is 0 Å². The molecule has 0 aromatic rings. The van der Waals surface area contributed by atoms with Crippen LogP contribution in [0.4, 0.5) is 0 Å². The lowest BCUT2D eigenvalue weighted by atomic mass is 10.4. The van der Waals surface area contributed by atoms with Crippen LogP contribution in [-0.2, 0) is 4.43 Å². The van der Waals surface area contributed by atoms with E-state index in [2.05, 4.69) is 20.8 Å². The van der Waals surface area contributed by atoms with Gasteiger partial charge in [-0.15, -0.1) is 11.6 Å². The molecule has 0 atom stereocenters. The fraction of sp³-hybridized carbons (Fsp3) is 1.00. The standard InChI is InChI=1S/C14H31ClOSi/c1-4-7-12-17(13-8-5-2,14-9-6-3)16-11-10-15/h4-14H2,1-3H3. The van der Waals surface area contributed by atoms with E-state index in [1.165, 1.54) is 56.7 Å². The molecule has 0 fully saturated rings. The average molecular weight is 279 g/mol. The Morgan fingerprint density at radius 2 is 1.24 bits per heavy atom. The zero-order valence-electron chi connectivity index (χ0n) is 12.1. The Hall–Kier alpha value is 0.467. The first kappa shape index (κ1) is 17.5. The number of halogens is 1. The highest BCUT2D eigenvalue weighted by Gasteiger charge is 2.32. The van der Waals surface area contributed by atoms with Crippen molar-refractivity contribution in [2.24, 2.45) is 0 Å². The molecule has 0 saturated heterocycles. The van der Waals surface area contributed by atoms with Crippen LogP contribution in [0.2, 0.25) is 18.1 Å². The molecule has 0 aliphatic carbocycles. The number of unbranched alkanes of at least 4 members (excludes halogenated alkanes) is 3. The molecule has 1 nitrogen and oxygen atoms in total. The molecule has 0 spiro atoms. The van der Waals surface area contributed by atoms with Gasteiger partial charge < -0.3 is 4.43 Å². The lowest BCUT2D eigenvalue weighted by molar-refractivity contribution is 0.316. The second-order valence-corrected chi connectivity index (χ2v) is 9.56. The van der Waals surface area contributed by atoms with E-state index in [1.54, 1.807) is 0 Å². The van der Waals surface area contributed by atoms with Gasteiger partial charge in [0, 0.05) is 12.5 Å². The molecule has 0 amide bonds. The number of alkyl halides is 1. The highest BCUT2D eigenvalue weighted by atomic mass is 35.5. The van der Waals surface area contributed by atoms with E-state index in [-0.39, 0.29) is 0 Å². The lowest BCUT2D eigenvalue weighted by Crippen LogP contribution is -2.38. The maximum Gasteiger partial charge on any atom is 0.192 e. The Balaban J connectivity index is 4.39. The molecule has 0 aromatic carbocycles. The molecule has 0 bridgehead atoms. The summed E-state index contributed by atoms with van der Waals surface area (Å²) in [7, 11) is -1.46. The number of hydrogen-bond acceptors (Lipinski definition) is 1. The predicted octanol–water partition coefficient (Wildman–Crippen LogP) is 5.59. The van der Waals surface area contributed by atoms with Crippen molar-refractivity contribution in [2.45, 2.75) is 77.4 Å². The molecule has 0 N–H and O–H groups in total. The van der Waals surface area contributed by atoms with Gasteiger partial charge in [0.05, 0.1) is 0 Å². The zero-order valence-corrected chi connectivity index (χ0v) is 13.8. The molecule has 3 heteroatoms. The Kier molecular flexibility index (Phi) is 11.9. The van der Waals surface area contributed by atoms with Gasteiger partial charge in [0.25, 0.3) is 0 Å². The van der Waals surface area contributed by atoms with Gasteiger partial charge in [0.1, 0.15) is 0 Å². The minimum atomic E-state index is -1.46. The van der Waals surface area contributed by atoms with Crippen LogP contribution in [0.25, 0.3) is 0 Å². The molecular weight excluding hydrogens is 248 g/mol. The Bertz CT molecular complexity index is 127. The average Bonchev–Trinajstić information content (AvgIpc) is 2.37. The summed E-state index contributed by atoms with van der Waals surface area (Å²) in [5.41, 5.74) is 0. The third-order valence-electron chi connectivity index (χ3n) is 3.44. The van der Waals surface area contributed by atoms with Crippen molar-refractivity contribution in [3.63, 3.8) is 0 Å². The molecule has 0 rings (SSSR count). The Labute approximate surface area is 114 Å². The van der Waals surface area contributed by atoms with Crippen LogP contribution in [0.5, 0.6) is 0 Å². The van der Waals surface area contributed by atoms with Crippen LogP contribution < -0.4 is 0 Å². The molecule has 0 aliphatic rings. The summed E-state index contributed by atoms with van der Waals surface area (Å²) < 4.78 is 6.29. The second-order valence-electron chi connectivity index (χ2n) is 5.03. The van der Waals surface area contributed by atoms with Crippen molar-refractivity contribution in [3.8, 4) is 0 Å². The van der Waals surface area contributed by atoms with E-state index in [9.17, 15) is 0 Å². The van der Waals surface area contributed by atoms with Crippen molar-refractivity contribution in [3.05, 3.63) is 0 Å². The SMILES string of the molecule is CCCC[Si](CCCC)(CCCC)OCCCl. The normalized spacial score (nSPS) is 12.0. The molecule has 0 aromatic heterocycles. The van der Waals surface area contributed by atoms with Gasteiger partial charge in [-0.1, -0.05) is 59.3 Å². The van der Waals surface area contributed by atoms with Gasteiger partial charge in [0.15, 0.2) is 8.32 Å². The van der Waals surface area contributed by atoms with E-state index >= 15 is 0 Å². The molecule has 0 aliphatic heterocycles. The zero-order chi connectivity index (χ0) is 13.0. The Morgan fingerprint density at radius 3 is 1.53 bits per heavy atom. The predicted molar refractivity (Wildman–Crippen MR) is 81.6 cm³/mol. The summed E-state index contributed by atoms with van der Waals surface area (Å²) in [5.74, 6) is 0.652. The molecule has 0 radical (unpaired) electrons. The summed E-state index contributed by atoms with van der Waals surface area (Å²) in [6, 6.07) is 4.04. The molecular formula is C14H31ClOSi. The van der Waals surface area contributed by atoms with Crippen molar-refractivity contribution in [1.29, 1.82) is 0 Å². The van der Waals surface area contributed by atoms with Crippen LogP contribution in [0.3, 0.4) is 0 Å². The van der Waals surface area contributed by atoms with Crippen LogP contribution in [0.15, 0.2) is 0 Å². The van der Waals surface area contributed by atoms with Crippen molar-refractivity contribution in [2.75, 3.05) is 12.5 Å². The first-order chi connectivity index (χ1) is 8.24. The van der Waals surface area contributed by atoms with Crippen LogP contribution in [0.1, 0.15) is 59.3 Å². The summed E-state index contributed by atoms with van der Waals surface area (Å²) in [6.45, 7) is 7.60. The molecule has 0 saturated carbocycles. The number of hydrogen-bond donors (Lipinski definition) is 0. The van der Waals surface area contributed by atoms with Crippen molar-refractivity contribution < 1.29 is 4.43 Å². The van der Waals surface area contributed by atoms with Gasteiger partial charge in [-0.25, -0.2) is 0 Å². The van der Waals surface area contributed by atoms with E-state index in [1.807, 2.05) is 0 Å². The molecule has 0 unspecified atom stereocenters. The first-order valence-electron chi connectivity index (χ1n) is 7.44. The fourth-order valence-corrected chi connectivity index (χ4v) is 7.26. The third kappa shape index (κ3) is 8.23. The maximum atomic E-state index is 6.29. The first-order valence-corrected chi connectivity index (χ1v) is 10.5. The monoisotopic (exact) mass is 278 g/mol. The second kappa shape index (κ2) is 11.6. The Morgan fingerprint density at radius 1 is 0.824 bits per heavy atom. The highest BCUT2D eigenvalue weighted by molar-refractivity contribution is 6.73. The van der Waals surface area contributed by atoms with Crippen LogP contribution >= 0.6 is 11.6 Å². The summed E-state index contributed by atoms with van der Waals surface area (Å²) in [6.07, 6.45) is 7.87. The van der Waals surface area contributed by atoms with E-state index in [0.717, 1.165) is 6.61 Å². The topological polar surface area (TPSA) is 9.23 Å².